The zero-order valence-electron chi connectivity index (χ0n) is 17.3. The molecule has 0 bridgehead atoms. The van der Waals surface area contributed by atoms with E-state index in [-0.39, 0.29) is 23.5 Å². The van der Waals surface area contributed by atoms with Crippen LogP contribution in [0.2, 0.25) is 0 Å². The van der Waals surface area contributed by atoms with Gasteiger partial charge in [0.1, 0.15) is 0 Å². The Morgan fingerprint density at radius 2 is 1.78 bits per heavy atom. The number of nitro groups is 1. The molecule has 0 saturated carbocycles. The minimum Gasteiger partial charge on any atom is -0.393 e. The SMILES string of the molecule is FC(F)(F)c1ccc2cc1-2.O=C1c2cc([N+](=O)[O-])ccc2CCC1CN1CCC(O)CC1. The number of carbonyl (C=O) groups excluding carboxylic acids is 1. The van der Waals surface area contributed by atoms with E-state index in [0.717, 1.165) is 56.0 Å². The van der Waals surface area contributed by atoms with E-state index < -0.39 is 16.7 Å². The average molecular weight is 448 g/mol. The first kappa shape index (κ1) is 22.4. The van der Waals surface area contributed by atoms with Gasteiger partial charge in [0.15, 0.2) is 5.78 Å². The van der Waals surface area contributed by atoms with Gasteiger partial charge in [-0.25, -0.2) is 0 Å². The van der Waals surface area contributed by atoms with Crippen molar-refractivity contribution in [3.63, 3.8) is 0 Å². The van der Waals surface area contributed by atoms with Gasteiger partial charge in [0, 0.05) is 43.2 Å². The first-order chi connectivity index (χ1) is 15.1. The monoisotopic (exact) mass is 448 g/mol. The highest BCUT2D eigenvalue weighted by Crippen LogP contribution is 2.45. The number of alkyl halides is 3. The number of benzene rings is 2. The molecule has 0 aromatic heterocycles. The van der Waals surface area contributed by atoms with Crippen molar-refractivity contribution in [1.82, 2.24) is 4.90 Å². The second-order valence-corrected chi connectivity index (χ2v) is 8.49. The number of nitrogens with zero attached hydrogens (tertiary/aromatic N) is 2. The summed E-state index contributed by atoms with van der Waals surface area (Å²) in [5.41, 5.74) is 2.01. The number of nitro benzene ring substituents is 1. The molecule has 0 spiro atoms. The molecular weight excluding hydrogens is 425 g/mol. The van der Waals surface area contributed by atoms with Gasteiger partial charge in [0.25, 0.3) is 5.69 Å². The summed E-state index contributed by atoms with van der Waals surface area (Å²) in [6.45, 7) is 2.31. The highest BCUT2D eigenvalue weighted by molar-refractivity contribution is 6.00. The summed E-state index contributed by atoms with van der Waals surface area (Å²) >= 11 is 0. The van der Waals surface area contributed by atoms with Crippen molar-refractivity contribution in [2.75, 3.05) is 19.6 Å². The predicted octanol–water partition coefficient (Wildman–Crippen LogP) is 4.48. The number of aliphatic hydroxyl groups excluding tert-OH is 1. The molecule has 1 saturated heterocycles. The highest BCUT2D eigenvalue weighted by atomic mass is 19.4. The third kappa shape index (κ3) is 4.83. The Morgan fingerprint density at radius 3 is 2.31 bits per heavy atom. The van der Waals surface area contributed by atoms with Crippen molar-refractivity contribution in [3.8, 4) is 11.1 Å². The van der Waals surface area contributed by atoms with E-state index in [1.165, 1.54) is 24.3 Å². The van der Waals surface area contributed by atoms with Crippen LogP contribution in [-0.2, 0) is 12.6 Å². The molecule has 1 N–H and O–H groups in total. The van der Waals surface area contributed by atoms with Crippen LogP contribution in [0.4, 0.5) is 18.9 Å². The van der Waals surface area contributed by atoms with E-state index in [2.05, 4.69) is 4.90 Å². The molecule has 1 aliphatic heterocycles. The van der Waals surface area contributed by atoms with Crippen molar-refractivity contribution < 1.29 is 28.0 Å². The smallest absolute Gasteiger partial charge is 0.393 e. The van der Waals surface area contributed by atoms with Gasteiger partial charge in [0.2, 0.25) is 0 Å². The van der Waals surface area contributed by atoms with E-state index in [1.807, 2.05) is 0 Å². The number of halogens is 3. The van der Waals surface area contributed by atoms with Crippen molar-refractivity contribution in [1.29, 1.82) is 0 Å². The molecule has 1 aromatic carbocycles. The fourth-order valence-electron chi connectivity index (χ4n) is 4.39. The number of aryl methyl sites for hydroxylation is 1. The Kier molecular flexibility index (Phi) is 6.05. The summed E-state index contributed by atoms with van der Waals surface area (Å²) < 4.78 is 35.7. The fraction of sp³-hybridized carbons (Fsp3) is 0.435. The van der Waals surface area contributed by atoms with Crippen LogP contribution in [0.3, 0.4) is 0 Å². The lowest BCUT2D eigenvalue weighted by molar-refractivity contribution is -0.384. The topological polar surface area (TPSA) is 83.7 Å². The number of hydrogen-bond acceptors (Lipinski definition) is 5. The average Bonchev–Trinajstić information content (AvgIpc) is 3.38. The van der Waals surface area contributed by atoms with Gasteiger partial charge >= 0.3 is 6.18 Å². The summed E-state index contributed by atoms with van der Waals surface area (Å²) in [5.74, 6) is -0.0687. The summed E-state index contributed by atoms with van der Waals surface area (Å²) in [4.78, 5) is 25.3. The van der Waals surface area contributed by atoms with Gasteiger partial charge in [-0.1, -0.05) is 12.1 Å². The molecule has 5 rings (SSSR count). The van der Waals surface area contributed by atoms with Gasteiger partial charge in [-0.2, -0.15) is 13.2 Å². The molecule has 9 heteroatoms. The molecule has 1 heterocycles. The molecule has 170 valence electrons. The molecule has 1 aromatic rings. The minimum atomic E-state index is -4.17. The largest absolute Gasteiger partial charge is 0.417 e. The van der Waals surface area contributed by atoms with Gasteiger partial charge < -0.3 is 10.0 Å². The number of Topliss-reactive ketones (excluding diaryl/α,β-unsaturated/α-hetero) is 1. The summed E-state index contributed by atoms with van der Waals surface area (Å²) in [5, 5.41) is 20.4. The second-order valence-electron chi connectivity index (χ2n) is 8.49. The van der Waals surface area contributed by atoms with Crippen molar-refractivity contribution in [2.24, 2.45) is 5.92 Å². The molecule has 0 amide bonds. The van der Waals surface area contributed by atoms with Gasteiger partial charge in [-0.15, -0.1) is 0 Å². The lowest BCUT2D eigenvalue weighted by atomic mass is 9.82. The maximum absolute atomic E-state index is 12.6. The van der Waals surface area contributed by atoms with Crippen LogP contribution in [0, 0.1) is 16.0 Å². The molecule has 3 aliphatic carbocycles. The molecule has 1 fully saturated rings. The van der Waals surface area contributed by atoms with Crippen molar-refractivity contribution in [2.45, 2.75) is 38.0 Å². The lowest BCUT2D eigenvalue weighted by Crippen LogP contribution is -2.41. The Labute approximate surface area is 182 Å². The number of carbonyl (C=O) groups is 1. The van der Waals surface area contributed by atoms with Gasteiger partial charge in [-0.05, 0) is 54.5 Å². The van der Waals surface area contributed by atoms with Crippen LogP contribution in [0.25, 0.3) is 11.1 Å². The fourth-order valence-corrected chi connectivity index (χ4v) is 4.39. The zero-order valence-corrected chi connectivity index (χ0v) is 17.3. The van der Waals surface area contributed by atoms with Crippen molar-refractivity contribution >= 4 is 11.5 Å². The Hall–Kier alpha value is -2.78. The highest BCUT2D eigenvalue weighted by Gasteiger charge is 2.37. The van der Waals surface area contributed by atoms with Crippen molar-refractivity contribution in [3.05, 3.63) is 63.2 Å². The Bertz CT molecular complexity index is 1050. The Morgan fingerprint density at radius 1 is 1.06 bits per heavy atom. The third-order valence-corrected chi connectivity index (χ3v) is 6.29. The standard InChI is InChI=1S/C16H20N2O4.C7H3F3/c19-14-5-7-17(8-6-14)10-12-2-1-11-3-4-13(18(21)22)9-15(11)16(12)20;8-7(9,10)6-2-1-4-3-5(4)6/h3-4,9,12,14,19H,1-2,5-8,10H2;1-3H. The molecule has 32 heavy (non-hydrogen) atoms. The first-order valence-electron chi connectivity index (χ1n) is 10.6. The van der Waals surface area contributed by atoms with Crippen LogP contribution in [-0.4, -0.2) is 46.5 Å². The van der Waals surface area contributed by atoms with E-state index in [4.69, 9.17) is 0 Å². The van der Waals surface area contributed by atoms with Crippen LogP contribution in [0.5, 0.6) is 0 Å². The molecule has 4 aliphatic rings. The number of ketones is 1. The van der Waals surface area contributed by atoms with Gasteiger partial charge in [0.05, 0.1) is 16.6 Å². The molecular formula is C23H23F3N2O4. The number of piperidine rings is 1. The van der Waals surface area contributed by atoms with Crippen LogP contribution < -0.4 is 0 Å². The number of hydrogen-bond donors (Lipinski definition) is 1. The van der Waals surface area contributed by atoms with Gasteiger partial charge in [-0.3, -0.25) is 14.9 Å². The number of rotatable bonds is 3. The maximum Gasteiger partial charge on any atom is 0.417 e. The Balaban J connectivity index is 0.000000203. The summed E-state index contributed by atoms with van der Waals surface area (Å²) in [6, 6.07) is 8.73. The van der Waals surface area contributed by atoms with E-state index in [1.54, 1.807) is 6.07 Å². The third-order valence-electron chi connectivity index (χ3n) is 6.29. The second kappa shape index (κ2) is 8.63. The zero-order chi connectivity index (χ0) is 23.0. The lowest BCUT2D eigenvalue weighted by Gasteiger charge is -2.33. The minimum absolute atomic E-state index is 0.0196. The normalized spacial score (nSPS) is 20.2. The number of aliphatic hydroxyl groups is 1. The van der Waals surface area contributed by atoms with Crippen LogP contribution in [0.1, 0.15) is 40.7 Å². The maximum atomic E-state index is 12.6. The van der Waals surface area contributed by atoms with Crippen LogP contribution >= 0.6 is 0 Å². The summed E-state index contributed by atoms with van der Waals surface area (Å²) in [6.07, 6.45) is -1.29. The molecule has 1 atom stereocenters. The number of likely N-dealkylation sites (tertiary alicyclic amines) is 1. The predicted molar refractivity (Wildman–Crippen MR) is 111 cm³/mol. The molecule has 1 unspecified atom stereocenters. The van der Waals surface area contributed by atoms with E-state index >= 15 is 0 Å². The summed E-state index contributed by atoms with van der Waals surface area (Å²) in [7, 11) is 0. The van der Waals surface area contributed by atoms with E-state index in [9.17, 15) is 33.2 Å². The molecule has 6 nitrogen and oxygen atoms in total. The van der Waals surface area contributed by atoms with E-state index in [0.29, 0.717) is 17.7 Å². The first-order valence-corrected chi connectivity index (χ1v) is 10.6. The number of fused-ring (bicyclic) bond motifs is 2. The quantitative estimate of drug-likeness (QED) is 0.472. The molecule has 0 radical (unpaired) electrons. The number of non-ortho nitro benzene ring substituents is 1. The van der Waals surface area contributed by atoms with Crippen LogP contribution in [0.15, 0.2) is 36.4 Å².